The van der Waals surface area contributed by atoms with Gasteiger partial charge in [0.25, 0.3) is 5.56 Å². The predicted octanol–water partition coefficient (Wildman–Crippen LogP) is 5.26. The number of rotatable bonds is 7. The molecule has 0 saturated heterocycles. The number of hydrogen-bond donors (Lipinski definition) is 2. The second kappa shape index (κ2) is 11.2. The van der Waals surface area contributed by atoms with E-state index in [-0.39, 0.29) is 36.9 Å². The first-order chi connectivity index (χ1) is 17.3. The number of nitrogens with one attached hydrogen (secondary N) is 2. The van der Waals surface area contributed by atoms with Crippen molar-refractivity contribution in [3.8, 4) is 11.3 Å². The molecule has 0 radical (unpaired) electrons. The van der Waals surface area contributed by atoms with Crippen LogP contribution in [0.3, 0.4) is 0 Å². The molecule has 0 aliphatic rings. The molecular weight excluding hydrogens is 503 g/mol. The summed E-state index contributed by atoms with van der Waals surface area (Å²) in [4.78, 5) is 41.7. The van der Waals surface area contributed by atoms with Gasteiger partial charge in [-0.2, -0.15) is 0 Å². The first kappa shape index (κ1) is 25.2. The highest BCUT2D eigenvalue weighted by atomic mass is 35.5. The number of fused-ring (bicyclic) bond motifs is 1. The van der Waals surface area contributed by atoms with Gasteiger partial charge >= 0.3 is 6.09 Å². The first-order valence-corrected chi connectivity index (χ1v) is 11.8. The second-order valence-corrected chi connectivity index (χ2v) is 8.73. The molecule has 10 heteroatoms. The predicted molar refractivity (Wildman–Crippen MR) is 140 cm³/mol. The molecule has 0 atom stereocenters. The molecule has 4 aromatic rings. The molecule has 1 heterocycles. The summed E-state index contributed by atoms with van der Waals surface area (Å²) in [6.07, 6.45) is -0.634. The Bertz CT molecular complexity index is 1490. The number of halogens is 2. The molecular formula is C26H22Cl2N4O4. The highest BCUT2D eigenvalue weighted by molar-refractivity contribution is 6.42. The fourth-order valence-electron chi connectivity index (χ4n) is 3.59. The van der Waals surface area contributed by atoms with E-state index < -0.39 is 6.09 Å². The summed E-state index contributed by atoms with van der Waals surface area (Å²) in [5.41, 5.74) is 2.60. The van der Waals surface area contributed by atoms with Gasteiger partial charge in [-0.05, 0) is 35.9 Å². The number of ether oxygens (including phenoxy) is 1. The molecule has 0 aliphatic heterocycles. The van der Waals surface area contributed by atoms with Gasteiger partial charge in [0.2, 0.25) is 5.91 Å². The van der Waals surface area contributed by atoms with Gasteiger partial charge in [-0.25, -0.2) is 9.78 Å². The van der Waals surface area contributed by atoms with Crippen molar-refractivity contribution in [2.45, 2.75) is 20.1 Å². The molecule has 0 bridgehead atoms. The number of anilines is 1. The van der Waals surface area contributed by atoms with Crippen LogP contribution >= 0.6 is 23.2 Å². The highest BCUT2D eigenvalue weighted by Crippen LogP contribution is 2.27. The average molecular weight is 525 g/mol. The van der Waals surface area contributed by atoms with E-state index >= 15 is 0 Å². The van der Waals surface area contributed by atoms with Crippen LogP contribution in [0.15, 0.2) is 71.5 Å². The summed E-state index contributed by atoms with van der Waals surface area (Å²) >= 11 is 12.2. The molecule has 3 aromatic carbocycles. The molecule has 2 N–H and O–H groups in total. The third-order valence-corrected chi connectivity index (χ3v) is 6.05. The molecule has 8 nitrogen and oxygen atoms in total. The maximum Gasteiger partial charge on any atom is 0.411 e. The number of carbonyl (C=O) groups is 2. The Morgan fingerprint density at radius 1 is 1.00 bits per heavy atom. The normalized spacial score (nSPS) is 10.8. The van der Waals surface area contributed by atoms with Crippen molar-refractivity contribution in [2.24, 2.45) is 0 Å². The van der Waals surface area contributed by atoms with Crippen LogP contribution in [0.2, 0.25) is 10.0 Å². The quantitative estimate of drug-likeness (QED) is 0.343. The van der Waals surface area contributed by atoms with E-state index in [2.05, 4.69) is 15.6 Å². The summed E-state index contributed by atoms with van der Waals surface area (Å²) < 4.78 is 6.78. The van der Waals surface area contributed by atoms with Gasteiger partial charge in [-0.1, -0.05) is 59.6 Å². The van der Waals surface area contributed by atoms with Crippen molar-refractivity contribution >= 4 is 51.9 Å². The minimum Gasteiger partial charge on any atom is -0.444 e. The van der Waals surface area contributed by atoms with Crippen molar-refractivity contribution in [1.82, 2.24) is 14.9 Å². The summed E-state index contributed by atoms with van der Waals surface area (Å²) in [6, 6.07) is 19.2. The summed E-state index contributed by atoms with van der Waals surface area (Å²) in [6.45, 7) is 1.94. The lowest BCUT2D eigenvalue weighted by molar-refractivity contribution is -0.118. The Hall–Kier alpha value is -3.88. The highest BCUT2D eigenvalue weighted by Gasteiger charge is 2.15. The zero-order chi connectivity index (χ0) is 25.7. The Kier molecular flexibility index (Phi) is 7.87. The lowest BCUT2D eigenvalue weighted by Crippen LogP contribution is -2.31. The van der Waals surface area contributed by atoms with E-state index in [9.17, 15) is 14.4 Å². The van der Waals surface area contributed by atoms with Crippen LogP contribution in [-0.2, 0) is 22.7 Å². The van der Waals surface area contributed by atoms with Crippen molar-refractivity contribution in [1.29, 1.82) is 0 Å². The number of carbonyl (C=O) groups excluding carboxylic acids is 2. The van der Waals surface area contributed by atoms with Crippen LogP contribution < -0.4 is 16.2 Å². The zero-order valence-corrected chi connectivity index (χ0v) is 20.8. The molecule has 4 rings (SSSR count). The minimum absolute atomic E-state index is 0.121. The van der Waals surface area contributed by atoms with E-state index in [1.54, 1.807) is 36.4 Å². The third-order valence-electron chi connectivity index (χ3n) is 5.31. The smallest absolute Gasteiger partial charge is 0.411 e. The third kappa shape index (κ3) is 6.02. The Morgan fingerprint density at radius 3 is 2.50 bits per heavy atom. The Morgan fingerprint density at radius 2 is 1.78 bits per heavy atom. The number of nitrogens with zero attached hydrogens (tertiary/aromatic N) is 2. The Labute approximate surface area is 216 Å². The number of hydrogen-bond acceptors (Lipinski definition) is 5. The fraction of sp³-hybridized carbons (Fsp3) is 0.154. The van der Waals surface area contributed by atoms with Crippen LogP contribution in [-0.4, -0.2) is 28.1 Å². The molecule has 0 spiro atoms. The number of aromatic nitrogens is 2. The fourth-order valence-corrected chi connectivity index (χ4v) is 3.89. The molecule has 2 amide bonds. The van der Waals surface area contributed by atoms with Gasteiger partial charge in [0.15, 0.2) is 0 Å². The molecule has 36 heavy (non-hydrogen) atoms. The first-order valence-electron chi connectivity index (χ1n) is 11.0. The minimum atomic E-state index is -0.634. The SMILES string of the molecule is CC(=O)NCCn1c(=O)c(-c2ccc(Cl)c(Cl)c2)nc2ccc(NC(=O)OCc3ccccc3)cc21. The number of benzene rings is 3. The maximum absolute atomic E-state index is 13.4. The topological polar surface area (TPSA) is 102 Å². The molecule has 0 fully saturated rings. The van der Waals surface area contributed by atoms with E-state index in [0.717, 1.165) is 5.56 Å². The van der Waals surface area contributed by atoms with Crippen LogP contribution in [0.1, 0.15) is 12.5 Å². The summed E-state index contributed by atoms with van der Waals surface area (Å²) in [5, 5.41) is 6.04. The van der Waals surface area contributed by atoms with Gasteiger partial charge < -0.3 is 14.6 Å². The van der Waals surface area contributed by atoms with Crippen LogP contribution in [0.4, 0.5) is 10.5 Å². The average Bonchev–Trinajstić information content (AvgIpc) is 2.86. The van der Waals surface area contributed by atoms with Crippen molar-refractivity contribution in [3.05, 3.63) is 92.7 Å². The zero-order valence-electron chi connectivity index (χ0n) is 19.3. The molecule has 184 valence electrons. The number of amides is 2. The largest absolute Gasteiger partial charge is 0.444 e. The van der Waals surface area contributed by atoms with Crippen LogP contribution in [0, 0.1) is 0 Å². The molecule has 0 saturated carbocycles. The maximum atomic E-state index is 13.4. The van der Waals surface area contributed by atoms with Gasteiger partial charge in [-0.3, -0.25) is 14.9 Å². The lowest BCUT2D eigenvalue weighted by Gasteiger charge is -2.14. The molecule has 1 aromatic heterocycles. The lowest BCUT2D eigenvalue weighted by atomic mass is 10.1. The van der Waals surface area contributed by atoms with Gasteiger partial charge in [-0.15, -0.1) is 0 Å². The van der Waals surface area contributed by atoms with Gasteiger partial charge in [0.1, 0.15) is 12.3 Å². The molecule has 0 aliphatic carbocycles. The van der Waals surface area contributed by atoms with Gasteiger partial charge in [0.05, 0.1) is 21.1 Å². The van der Waals surface area contributed by atoms with Crippen LogP contribution in [0.25, 0.3) is 22.3 Å². The van der Waals surface area contributed by atoms with E-state index in [1.807, 2.05) is 30.3 Å². The summed E-state index contributed by atoms with van der Waals surface area (Å²) in [7, 11) is 0. The summed E-state index contributed by atoms with van der Waals surface area (Å²) in [5.74, 6) is -0.213. The standard InChI is InChI=1S/C26H22Cl2N4O4/c1-16(33)29-11-12-32-23-14-19(30-26(35)36-15-17-5-3-2-4-6-17)8-10-22(23)31-24(25(32)34)18-7-9-20(27)21(28)13-18/h2-10,13-14H,11-12,15H2,1H3,(H,29,33)(H,30,35). The van der Waals surface area contributed by atoms with Crippen molar-refractivity contribution in [2.75, 3.05) is 11.9 Å². The van der Waals surface area contributed by atoms with E-state index in [1.165, 1.54) is 11.5 Å². The van der Waals surface area contributed by atoms with E-state index in [0.29, 0.717) is 32.3 Å². The Balaban J connectivity index is 1.67. The van der Waals surface area contributed by atoms with Crippen molar-refractivity contribution < 1.29 is 14.3 Å². The monoisotopic (exact) mass is 524 g/mol. The van der Waals surface area contributed by atoms with E-state index in [4.69, 9.17) is 27.9 Å². The van der Waals surface area contributed by atoms with Crippen LogP contribution in [0.5, 0.6) is 0 Å². The van der Waals surface area contributed by atoms with Crippen molar-refractivity contribution in [3.63, 3.8) is 0 Å². The molecule has 0 unspecified atom stereocenters. The second-order valence-electron chi connectivity index (χ2n) is 7.92. The van der Waals surface area contributed by atoms with Gasteiger partial charge in [0, 0.05) is 31.3 Å².